The van der Waals surface area contributed by atoms with E-state index in [0.717, 1.165) is 31.0 Å². The third-order valence-electron chi connectivity index (χ3n) is 6.57. The minimum atomic E-state index is -0.258. The van der Waals surface area contributed by atoms with Gasteiger partial charge in [0.2, 0.25) is 5.91 Å². The number of halogens is 1. The molecule has 154 valence electrons. The van der Waals surface area contributed by atoms with Crippen LogP contribution in [0.3, 0.4) is 0 Å². The van der Waals surface area contributed by atoms with Crippen LogP contribution in [0.4, 0.5) is 4.39 Å². The molecule has 0 N–H and O–H groups in total. The molecule has 3 fully saturated rings. The number of benzene rings is 1. The molecule has 5 rings (SSSR count). The Bertz CT molecular complexity index is 896. The summed E-state index contributed by atoms with van der Waals surface area (Å²) in [6, 6.07) is 7.21. The van der Waals surface area contributed by atoms with Gasteiger partial charge in [-0.05, 0) is 36.5 Å². The molecule has 3 atom stereocenters. The first-order valence-corrected chi connectivity index (χ1v) is 10.4. The highest BCUT2D eigenvalue weighted by Gasteiger charge is 2.49. The maximum Gasteiger partial charge on any atom is 0.249 e. The molecule has 0 radical (unpaired) electrons. The summed E-state index contributed by atoms with van der Waals surface area (Å²) >= 11 is 0. The van der Waals surface area contributed by atoms with Gasteiger partial charge in [-0.25, -0.2) is 9.37 Å². The second kappa shape index (κ2) is 7.54. The molecular weight excluding hydrogens is 371 g/mol. The average molecular weight is 398 g/mol. The van der Waals surface area contributed by atoms with E-state index >= 15 is 0 Å². The molecule has 3 aliphatic rings. The van der Waals surface area contributed by atoms with Gasteiger partial charge in [-0.3, -0.25) is 9.69 Å². The van der Waals surface area contributed by atoms with Crippen molar-refractivity contribution < 1.29 is 13.9 Å². The number of ether oxygens (including phenoxy) is 1. The van der Waals surface area contributed by atoms with E-state index < -0.39 is 0 Å². The molecule has 1 amide bonds. The lowest BCUT2D eigenvalue weighted by atomic mass is 9.89. The van der Waals surface area contributed by atoms with Gasteiger partial charge in [0.25, 0.3) is 0 Å². The van der Waals surface area contributed by atoms with E-state index in [9.17, 15) is 9.18 Å². The second-order valence-corrected chi connectivity index (χ2v) is 8.58. The largest absolute Gasteiger partial charge is 0.375 e. The van der Waals surface area contributed by atoms with E-state index in [1.54, 1.807) is 12.1 Å². The molecule has 0 bridgehead atoms. The highest BCUT2D eigenvalue weighted by atomic mass is 19.1. The molecule has 2 aliphatic heterocycles. The van der Waals surface area contributed by atoms with Gasteiger partial charge in [0, 0.05) is 51.1 Å². The summed E-state index contributed by atoms with van der Waals surface area (Å²) in [7, 11) is 1.54. The average Bonchev–Trinajstić information content (AvgIpc) is 3.15. The Labute approximate surface area is 170 Å². The maximum atomic E-state index is 13.9. The van der Waals surface area contributed by atoms with Crippen molar-refractivity contribution in [3.8, 4) is 0 Å². The Morgan fingerprint density at radius 3 is 2.90 bits per heavy atom. The van der Waals surface area contributed by atoms with Crippen LogP contribution in [0.5, 0.6) is 0 Å². The molecule has 6 nitrogen and oxygen atoms in total. The Balaban J connectivity index is 1.36. The van der Waals surface area contributed by atoms with Crippen LogP contribution in [-0.4, -0.2) is 58.6 Å². The molecule has 29 heavy (non-hydrogen) atoms. The molecule has 2 saturated heterocycles. The standard InChI is InChI=1S/C22H27FN4O2/c1-29-14-21(28)27-11-16-10-25(13-20-24-7-8-26(20)18-5-6-18)12-19(16)22(27)15-3-2-4-17(23)9-15/h2-4,7-9,16,18-19,22H,5-6,10-14H2,1H3/t16-,19-,22+/m1/s1. The van der Waals surface area contributed by atoms with Gasteiger partial charge >= 0.3 is 0 Å². The second-order valence-electron chi connectivity index (χ2n) is 8.58. The molecule has 2 aromatic rings. The predicted molar refractivity (Wildman–Crippen MR) is 105 cm³/mol. The number of hydrogen-bond donors (Lipinski definition) is 0. The third kappa shape index (κ3) is 3.57. The Morgan fingerprint density at radius 1 is 1.28 bits per heavy atom. The van der Waals surface area contributed by atoms with Crippen LogP contribution in [0, 0.1) is 17.7 Å². The summed E-state index contributed by atoms with van der Waals surface area (Å²) in [5.74, 6) is 1.52. The number of imidazole rings is 1. The van der Waals surface area contributed by atoms with E-state index in [4.69, 9.17) is 4.74 Å². The normalized spacial score (nSPS) is 26.8. The Hall–Kier alpha value is -2.25. The van der Waals surface area contributed by atoms with Crippen LogP contribution in [-0.2, 0) is 16.1 Å². The molecule has 3 heterocycles. The highest BCUT2D eigenvalue weighted by Crippen LogP contribution is 2.45. The van der Waals surface area contributed by atoms with E-state index in [0.29, 0.717) is 24.4 Å². The van der Waals surface area contributed by atoms with E-state index in [-0.39, 0.29) is 24.4 Å². The van der Waals surface area contributed by atoms with Crippen LogP contribution in [0.1, 0.15) is 36.3 Å². The predicted octanol–water partition coefficient (Wildman–Crippen LogP) is 2.64. The molecule has 1 aromatic carbocycles. The monoisotopic (exact) mass is 398 g/mol. The third-order valence-corrected chi connectivity index (χ3v) is 6.57. The lowest BCUT2D eigenvalue weighted by Gasteiger charge is -2.30. The van der Waals surface area contributed by atoms with Crippen molar-refractivity contribution in [2.24, 2.45) is 11.8 Å². The number of aromatic nitrogens is 2. The Kier molecular flexibility index (Phi) is 4.87. The number of likely N-dealkylation sites (tertiary alicyclic amines) is 2. The molecule has 0 unspecified atom stereocenters. The number of amides is 1. The number of methoxy groups -OCH3 is 1. The van der Waals surface area contributed by atoms with Crippen molar-refractivity contribution in [2.75, 3.05) is 33.4 Å². The molecule has 7 heteroatoms. The fourth-order valence-electron chi connectivity index (χ4n) is 5.20. The number of hydrogen-bond acceptors (Lipinski definition) is 4. The first-order valence-electron chi connectivity index (χ1n) is 10.4. The van der Waals surface area contributed by atoms with E-state index in [1.165, 1.54) is 26.0 Å². The number of nitrogens with zero attached hydrogens (tertiary/aromatic N) is 4. The molecule has 1 aromatic heterocycles. The summed E-state index contributed by atoms with van der Waals surface area (Å²) in [5, 5.41) is 0. The van der Waals surface area contributed by atoms with E-state index in [1.807, 2.05) is 17.2 Å². The van der Waals surface area contributed by atoms with Gasteiger partial charge in [0.1, 0.15) is 18.2 Å². The number of carbonyl (C=O) groups is 1. The van der Waals surface area contributed by atoms with Crippen molar-refractivity contribution in [1.82, 2.24) is 19.4 Å². The first-order chi connectivity index (χ1) is 14.1. The fourth-order valence-corrected chi connectivity index (χ4v) is 5.20. The zero-order chi connectivity index (χ0) is 20.0. The van der Waals surface area contributed by atoms with Crippen LogP contribution < -0.4 is 0 Å². The van der Waals surface area contributed by atoms with Crippen LogP contribution >= 0.6 is 0 Å². The van der Waals surface area contributed by atoms with Gasteiger partial charge in [-0.2, -0.15) is 0 Å². The molecule has 0 spiro atoms. The zero-order valence-corrected chi connectivity index (χ0v) is 16.7. The first kappa shape index (κ1) is 18.8. The van der Waals surface area contributed by atoms with Gasteiger partial charge < -0.3 is 14.2 Å². The SMILES string of the molecule is COCC(=O)N1C[C@H]2CN(Cc3nccn3C3CC3)C[C@H]2[C@@H]1c1cccc(F)c1. The highest BCUT2D eigenvalue weighted by molar-refractivity contribution is 5.78. The summed E-state index contributed by atoms with van der Waals surface area (Å²) < 4.78 is 21.3. The quantitative estimate of drug-likeness (QED) is 0.751. The minimum Gasteiger partial charge on any atom is -0.375 e. The number of fused-ring (bicyclic) bond motifs is 1. The van der Waals surface area contributed by atoms with Crippen molar-refractivity contribution in [3.63, 3.8) is 0 Å². The topological polar surface area (TPSA) is 50.6 Å². The summed E-state index contributed by atoms with van der Waals surface area (Å²) in [6.07, 6.45) is 6.47. The van der Waals surface area contributed by atoms with Crippen molar-refractivity contribution in [2.45, 2.75) is 31.5 Å². The lowest BCUT2D eigenvalue weighted by Crippen LogP contribution is -2.37. The van der Waals surface area contributed by atoms with Crippen molar-refractivity contribution in [3.05, 3.63) is 53.9 Å². The lowest BCUT2D eigenvalue weighted by molar-refractivity contribution is -0.136. The van der Waals surface area contributed by atoms with Crippen molar-refractivity contribution >= 4 is 5.91 Å². The van der Waals surface area contributed by atoms with Crippen LogP contribution in [0.15, 0.2) is 36.7 Å². The van der Waals surface area contributed by atoms with E-state index in [2.05, 4.69) is 20.6 Å². The van der Waals surface area contributed by atoms with Crippen LogP contribution in [0.25, 0.3) is 0 Å². The van der Waals surface area contributed by atoms with Gasteiger partial charge in [-0.15, -0.1) is 0 Å². The van der Waals surface area contributed by atoms with Gasteiger partial charge in [-0.1, -0.05) is 12.1 Å². The molecular formula is C22H27FN4O2. The fraction of sp³-hybridized carbons (Fsp3) is 0.545. The summed E-state index contributed by atoms with van der Waals surface area (Å²) in [5.41, 5.74) is 0.878. The Morgan fingerprint density at radius 2 is 2.14 bits per heavy atom. The van der Waals surface area contributed by atoms with Crippen LogP contribution in [0.2, 0.25) is 0 Å². The minimum absolute atomic E-state index is 0.0213. The molecule has 1 saturated carbocycles. The summed E-state index contributed by atoms with van der Waals surface area (Å²) in [6.45, 7) is 3.42. The van der Waals surface area contributed by atoms with Gasteiger partial charge in [0.15, 0.2) is 0 Å². The smallest absolute Gasteiger partial charge is 0.249 e. The maximum absolute atomic E-state index is 13.9. The number of rotatable bonds is 6. The van der Waals surface area contributed by atoms with Crippen molar-refractivity contribution in [1.29, 1.82) is 0 Å². The van der Waals surface area contributed by atoms with Gasteiger partial charge in [0.05, 0.1) is 12.6 Å². The summed E-state index contributed by atoms with van der Waals surface area (Å²) in [4.78, 5) is 21.6. The zero-order valence-electron chi connectivity index (χ0n) is 16.7. The number of carbonyl (C=O) groups excluding carboxylic acids is 1. The molecule has 1 aliphatic carbocycles.